The Bertz CT molecular complexity index is 672. The Morgan fingerprint density at radius 3 is 2.70 bits per heavy atom. The molecule has 0 unspecified atom stereocenters. The number of sulfonamides is 1. The van der Waals surface area contributed by atoms with Crippen LogP contribution in [0.1, 0.15) is 30.1 Å². The van der Waals surface area contributed by atoms with Crippen molar-refractivity contribution in [2.24, 2.45) is 0 Å². The van der Waals surface area contributed by atoms with Crippen molar-refractivity contribution in [2.45, 2.75) is 25.8 Å². The number of hydrogen-bond donors (Lipinski definition) is 1. The van der Waals surface area contributed by atoms with Crippen molar-refractivity contribution < 1.29 is 22.3 Å². The largest absolute Gasteiger partial charge is 0.493 e. The van der Waals surface area contributed by atoms with Crippen LogP contribution in [0.4, 0.5) is 4.39 Å². The van der Waals surface area contributed by atoms with Gasteiger partial charge in [-0.05, 0) is 18.6 Å². The number of nitrogens with one attached hydrogen (secondary N) is 1. The van der Waals surface area contributed by atoms with E-state index in [2.05, 4.69) is 4.72 Å². The number of halogens is 1. The Morgan fingerprint density at radius 1 is 1.43 bits per heavy atom. The van der Waals surface area contributed by atoms with Gasteiger partial charge in [0.1, 0.15) is 11.6 Å². The van der Waals surface area contributed by atoms with Gasteiger partial charge in [-0.3, -0.25) is 4.79 Å². The molecule has 1 amide bonds. The first kappa shape index (κ1) is 17.7. The summed E-state index contributed by atoms with van der Waals surface area (Å²) in [4.78, 5) is 13.6. The van der Waals surface area contributed by atoms with E-state index in [9.17, 15) is 17.6 Å². The van der Waals surface area contributed by atoms with Crippen LogP contribution in [0.3, 0.4) is 0 Å². The highest BCUT2D eigenvalue weighted by molar-refractivity contribution is 7.88. The lowest BCUT2D eigenvalue weighted by molar-refractivity contribution is 0.0587. The maximum absolute atomic E-state index is 14.1. The maximum Gasteiger partial charge on any atom is 0.256 e. The van der Waals surface area contributed by atoms with Gasteiger partial charge in [-0.2, -0.15) is 0 Å². The lowest BCUT2D eigenvalue weighted by Crippen LogP contribution is -2.60. The molecule has 1 heterocycles. The summed E-state index contributed by atoms with van der Waals surface area (Å²) in [5.41, 5.74) is -0.0364. The van der Waals surface area contributed by atoms with E-state index in [1.807, 2.05) is 6.92 Å². The Morgan fingerprint density at radius 2 is 2.13 bits per heavy atom. The fourth-order valence-corrected chi connectivity index (χ4v) is 3.04. The molecule has 0 atom stereocenters. The van der Waals surface area contributed by atoms with E-state index >= 15 is 0 Å². The lowest BCUT2D eigenvalue weighted by atomic mass is 10.1. The number of likely N-dealkylation sites (tertiary alicyclic amines) is 1. The maximum atomic E-state index is 14.1. The predicted molar refractivity (Wildman–Crippen MR) is 84.5 cm³/mol. The minimum absolute atomic E-state index is 0.0364. The molecule has 2 rings (SSSR count). The molecule has 0 bridgehead atoms. The number of unbranched alkanes of at least 4 members (excludes halogenated alkanes) is 1. The second-order valence-corrected chi connectivity index (χ2v) is 7.42. The van der Waals surface area contributed by atoms with Crippen LogP contribution >= 0.6 is 0 Å². The van der Waals surface area contributed by atoms with Crippen LogP contribution in [0.25, 0.3) is 0 Å². The number of carbonyl (C=O) groups excluding carboxylic acids is 1. The molecule has 1 N–H and O–H groups in total. The quantitative estimate of drug-likeness (QED) is 0.758. The Labute approximate surface area is 135 Å². The molecule has 0 aromatic heterocycles. The zero-order valence-electron chi connectivity index (χ0n) is 13.2. The molecule has 1 aromatic carbocycles. The highest BCUT2D eigenvalue weighted by Gasteiger charge is 2.33. The van der Waals surface area contributed by atoms with Gasteiger partial charge in [0.15, 0.2) is 0 Å². The minimum atomic E-state index is -3.30. The van der Waals surface area contributed by atoms with E-state index in [4.69, 9.17) is 4.74 Å². The molecule has 23 heavy (non-hydrogen) atoms. The average Bonchev–Trinajstić information content (AvgIpc) is 2.41. The molecule has 1 aliphatic rings. The summed E-state index contributed by atoms with van der Waals surface area (Å²) in [5, 5.41) is 0. The molecule has 1 saturated heterocycles. The fourth-order valence-electron chi connectivity index (χ4n) is 2.29. The van der Waals surface area contributed by atoms with Crippen molar-refractivity contribution in [1.29, 1.82) is 0 Å². The third-order valence-corrected chi connectivity index (χ3v) is 4.25. The van der Waals surface area contributed by atoms with Gasteiger partial charge in [0.2, 0.25) is 10.0 Å². The van der Waals surface area contributed by atoms with Gasteiger partial charge in [0.25, 0.3) is 5.91 Å². The van der Waals surface area contributed by atoms with Crippen molar-refractivity contribution in [3.63, 3.8) is 0 Å². The standard InChI is InChI=1S/C15H21FN2O4S/c1-3-4-7-22-12-5-6-13(14(16)8-12)15(19)18-9-11(10-18)17-23(2,20)21/h5-6,8,11,17H,3-4,7,9-10H2,1-2H3. The van der Waals surface area contributed by atoms with E-state index in [-0.39, 0.29) is 24.7 Å². The molecule has 128 valence electrons. The zero-order chi connectivity index (χ0) is 17.0. The molecule has 8 heteroatoms. The van der Waals surface area contributed by atoms with Crippen LogP contribution in [0.5, 0.6) is 5.75 Å². The number of rotatable bonds is 7. The molecular weight excluding hydrogens is 323 g/mol. The van der Waals surface area contributed by atoms with Crippen molar-refractivity contribution in [3.8, 4) is 5.75 Å². The van der Waals surface area contributed by atoms with Crippen LogP contribution in [0, 0.1) is 5.82 Å². The van der Waals surface area contributed by atoms with Crippen LogP contribution < -0.4 is 9.46 Å². The van der Waals surface area contributed by atoms with Crippen LogP contribution in [0.2, 0.25) is 0 Å². The number of benzene rings is 1. The Hall–Kier alpha value is -1.67. The second-order valence-electron chi connectivity index (χ2n) is 5.64. The molecule has 1 aromatic rings. The molecule has 1 aliphatic heterocycles. The summed E-state index contributed by atoms with van der Waals surface area (Å²) in [7, 11) is -3.30. The molecule has 0 spiro atoms. The fraction of sp³-hybridized carbons (Fsp3) is 0.533. The summed E-state index contributed by atoms with van der Waals surface area (Å²) in [5.74, 6) is -0.689. The van der Waals surface area contributed by atoms with Gasteiger partial charge in [0, 0.05) is 19.2 Å². The van der Waals surface area contributed by atoms with Crippen LogP contribution in [-0.4, -0.2) is 51.2 Å². The average molecular weight is 344 g/mol. The predicted octanol–water partition coefficient (Wildman–Crippen LogP) is 1.38. The molecule has 0 radical (unpaired) electrons. The number of hydrogen-bond acceptors (Lipinski definition) is 4. The molecular formula is C15H21FN2O4S. The monoisotopic (exact) mass is 344 g/mol. The summed E-state index contributed by atoms with van der Waals surface area (Å²) >= 11 is 0. The summed E-state index contributed by atoms with van der Waals surface area (Å²) in [6, 6.07) is 3.86. The third-order valence-electron chi connectivity index (χ3n) is 3.49. The van der Waals surface area contributed by atoms with Crippen LogP contribution in [-0.2, 0) is 10.0 Å². The van der Waals surface area contributed by atoms with E-state index in [1.165, 1.54) is 17.0 Å². The van der Waals surface area contributed by atoms with Gasteiger partial charge >= 0.3 is 0 Å². The third kappa shape index (κ3) is 4.90. The number of amides is 1. The summed E-state index contributed by atoms with van der Waals surface area (Å²) in [6.07, 6.45) is 2.93. The van der Waals surface area contributed by atoms with Crippen molar-refractivity contribution >= 4 is 15.9 Å². The van der Waals surface area contributed by atoms with Gasteiger partial charge in [-0.15, -0.1) is 0 Å². The summed E-state index contributed by atoms with van der Waals surface area (Å²) < 4.78 is 44.0. The van der Waals surface area contributed by atoms with Gasteiger partial charge in [-0.25, -0.2) is 17.5 Å². The SMILES string of the molecule is CCCCOc1ccc(C(=O)N2CC(NS(C)(=O)=O)C2)c(F)c1. The van der Waals surface area contributed by atoms with Crippen molar-refractivity contribution in [1.82, 2.24) is 9.62 Å². The Kier molecular flexibility index (Phi) is 5.59. The van der Waals surface area contributed by atoms with Gasteiger partial charge in [0.05, 0.1) is 24.5 Å². The van der Waals surface area contributed by atoms with Crippen molar-refractivity contribution in [2.75, 3.05) is 26.0 Å². The van der Waals surface area contributed by atoms with Gasteiger partial charge < -0.3 is 9.64 Å². The van der Waals surface area contributed by atoms with Crippen LogP contribution in [0.15, 0.2) is 18.2 Å². The molecule has 0 saturated carbocycles. The second kappa shape index (κ2) is 7.27. The van der Waals surface area contributed by atoms with E-state index in [0.29, 0.717) is 12.4 Å². The van der Waals surface area contributed by atoms with Crippen molar-refractivity contribution in [3.05, 3.63) is 29.6 Å². The highest BCUT2D eigenvalue weighted by Crippen LogP contribution is 2.21. The number of ether oxygens (including phenoxy) is 1. The first-order valence-electron chi connectivity index (χ1n) is 7.49. The van der Waals surface area contributed by atoms with E-state index < -0.39 is 21.7 Å². The first-order valence-corrected chi connectivity index (χ1v) is 9.38. The van der Waals surface area contributed by atoms with E-state index in [1.54, 1.807) is 6.07 Å². The Balaban J connectivity index is 1.93. The molecule has 1 fully saturated rings. The van der Waals surface area contributed by atoms with Gasteiger partial charge in [-0.1, -0.05) is 13.3 Å². The topological polar surface area (TPSA) is 75.7 Å². The number of nitrogens with zero attached hydrogens (tertiary/aromatic N) is 1. The zero-order valence-corrected chi connectivity index (χ0v) is 14.0. The first-order chi connectivity index (χ1) is 10.8. The molecule has 0 aliphatic carbocycles. The minimum Gasteiger partial charge on any atom is -0.493 e. The summed E-state index contributed by atoms with van der Waals surface area (Å²) in [6.45, 7) is 3.01. The smallest absolute Gasteiger partial charge is 0.256 e. The lowest BCUT2D eigenvalue weighted by Gasteiger charge is -2.39. The normalized spacial score (nSPS) is 15.3. The highest BCUT2D eigenvalue weighted by atomic mass is 32.2. The molecule has 6 nitrogen and oxygen atoms in total. The number of carbonyl (C=O) groups is 1. The van der Waals surface area contributed by atoms with E-state index in [0.717, 1.165) is 19.1 Å².